The van der Waals surface area contributed by atoms with Crippen LogP contribution in [0.5, 0.6) is 11.6 Å². The Balaban J connectivity index is 1.34. The van der Waals surface area contributed by atoms with Crippen LogP contribution in [-0.2, 0) is 0 Å². The predicted molar refractivity (Wildman–Crippen MR) is 117 cm³/mol. The van der Waals surface area contributed by atoms with Crippen molar-refractivity contribution in [2.45, 2.75) is 0 Å². The Kier molecular flexibility index (Phi) is 4.71. The van der Waals surface area contributed by atoms with Gasteiger partial charge in [0.25, 0.3) is 5.91 Å². The van der Waals surface area contributed by atoms with Gasteiger partial charge in [0.05, 0.1) is 5.69 Å². The number of thiazole rings is 1. The summed E-state index contributed by atoms with van der Waals surface area (Å²) in [4.78, 5) is 22.6. The minimum atomic E-state index is -0.288. The molecule has 146 valence electrons. The van der Waals surface area contributed by atoms with Crippen molar-refractivity contribution < 1.29 is 9.53 Å². The van der Waals surface area contributed by atoms with Crippen molar-refractivity contribution >= 4 is 27.9 Å². The molecular formula is C23H16N4O2S. The molecule has 0 saturated carbocycles. The number of pyridine rings is 1. The molecule has 3 aromatic heterocycles. The lowest BCUT2D eigenvalue weighted by Gasteiger charge is -2.10. The third-order valence-electron chi connectivity index (χ3n) is 4.51. The van der Waals surface area contributed by atoms with Crippen molar-refractivity contribution in [2.75, 3.05) is 5.32 Å². The molecule has 0 unspecified atom stereocenters. The Morgan fingerprint density at radius 1 is 1.00 bits per heavy atom. The lowest BCUT2D eigenvalue weighted by atomic mass is 10.1. The highest BCUT2D eigenvalue weighted by atomic mass is 32.1. The van der Waals surface area contributed by atoms with E-state index in [1.165, 1.54) is 0 Å². The molecule has 5 rings (SSSR count). The summed E-state index contributed by atoms with van der Waals surface area (Å²) in [6.45, 7) is 0. The minimum absolute atomic E-state index is 0.260. The summed E-state index contributed by atoms with van der Waals surface area (Å²) in [7, 11) is 0. The van der Waals surface area contributed by atoms with Gasteiger partial charge in [0.1, 0.15) is 11.3 Å². The first-order chi connectivity index (χ1) is 14.8. The zero-order valence-electron chi connectivity index (χ0n) is 15.7. The van der Waals surface area contributed by atoms with Gasteiger partial charge in [-0.25, -0.2) is 9.97 Å². The van der Waals surface area contributed by atoms with E-state index >= 15 is 0 Å². The first-order valence-corrected chi connectivity index (χ1v) is 10.2. The average molecular weight is 412 g/mol. The van der Waals surface area contributed by atoms with Crippen molar-refractivity contribution in [2.24, 2.45) is 0 Å². The largest absolute Gasteiger partial charge is 0.438 e. The number of rotatable bonds is 5. The molecule has 0 aliphatic heterocycles. The van der Waals surface area contributed by atoms with Gasteiger partial charge in [0.15, 0.2) is 4.96 Å². The number of hydrogen-bond acceptors (Lipinski definition) is 5. The molecule has 0 spiro atoms. The van der Waals surface area contributed by atoms with Crippen LogP contribution < -0.4 is 10.1 Å². The molecule has 0 bridgehead atoms. The summed E-state index contributed by atoms with van der Waals surface area (Å²) in [5, 5.41) is 4.90. The molecule has 0 radical (unpaired) electrons. The van der Waals surface area contributed by atoms with E-state index in [1.807, 2.05) is 76.8 Å². The van der Waals surface area contributed by atoms with Gasteiger partial charge in [-0.05, 0) is 36.4 Å². The van der Waals surface area contributed by atoms with Crippen LogP contribution in [0.3, 0.4) is 0 Å². The summed E-state index contributed by atoms with van der Waals surface area (Å²) in [6, 6.07) is 20.2. The number of aromatic nitrogens is 3. The smallest absolute Gasteiger partial charge is 0.261 e. The van der Waals surface area contributed by atoms with E-state index < -0.39 is 0 Å². The number of carbonyl (C=O) groups is 1. The van der Waals surface area contributed by atoms with Gasteiger partial charge in [0.2, 0.25) is 5.88 Å². The zero-order valence-corrected chi connectivity index (χ0v) is 16.5. The Labute approximate surface area is 176 Å². The van der Waals surface area contributed by atoms with Gasteiger partial charge in [-0.15, -0.1) is 11.3 Å². The third kappa shape index (κ3) is 3.66. The first-order valence-electron chi connectivity index (χ1n) is 9.28. The number of amides is 1. The number of carbonyl (C=O) groups excluding carboxylic acids is 1. The standard InChI is InChI=1S/C23H16N4O2S/c28-21(19-7-4-12-24-22(19)29-18-5-2-1-3-6-18)25-17-10-8-16(9-11-17)20-15-27-13-14-30-23(27)26-20/h1-15H,(H,25,28). The van der Waals surface area contributed by atoms with Gasteiger partial charge < -0.3 is 10.1 Å². The molecule has 1 amide bonds. The summed E-state index contributed by atoms with van der Waals surface area (Å²) in [5.74, 6) is 0.592. The van der Waals surface area contributed by atoms with E-state index in [0.29, 0.717) is 17.0 Å². The van der Waals surface area contributed by atoms with E-state index in [4.69, 9.17) is 4.74 Å². The van der Waals surface area contributed by atoms with Crippen molar-refractivity contribution in [3.05, 3.63) is 96.3 Å². The van der Waals surface area contributed by atoms with Crippen LogP contribution in [0, 0.1) is 0 Å². The van der Waals surface area contributed by atoms with Crippen LogP contribution in [0.25, 0.3) is 16.2 Å². The lowest BCUT2D eigenvalue weighted by molar-refractivity contribution is 0.102. The van der Waals surface area contributed by atoms with E-state index in [1.54, 1.807) is 29.7 Å². The van der Waals surface area contributed by atoms with Crippen LogP contribution in [0.4, 0.5) is 5.69 Å². The Hall–Kier alpha value is -3.97. The quantitative estimate of drug-likeness (QED) is 0.414. The van der Waals surface area contributed by atoms with Crippen molar-refractivity contribution in [1.82, 2.24) is 14.4 Å². The molecule has 3 heterocycles. The van der Waals surface area contributed by atoms with Gasteiger partial charge in [-0.1, -0.05) is 30.3 Å². The lowest BCUT2D eigenvalue weighted by Crippen LogP contribution is -2.13. The molecule has 5 aromatic rings. The number of imidazole rings is 1. The summed E-state index contributed by atoms with van der Waals surface area (Å²) >= 11 is 1.59. The van der Waals surface area contributed by atoms with Crippen molar-refractivity contribution in [1.29, 1.82) is 0 Å². The fourth-order valence-electron chi connectivity index (χ4n) is 3.03. The number of nitrogens with one attached hydrogen (secondary N) is 1. The number of fused-ring (bicyclic) bond motifs is 1. The number of hydrogen-bond donors (Lipinski definition) is 1. The fourth-order valence-corrected chi connectivity index (χ4v) is 3.73. The molecule has 0 aliphatic carbocycles. The third-order valence-corrected chi connectivity index (χ3v) is 5.28. The van der Waals surface area contributed by atoms with Crippen LogP contribution in [0.2, 0.25) is 0 Å². The molecular weight excluding hydrogens is 396 g/mol. The Morgan fingerprint density at radius 3 is 2.63 bits per heavy atom. The maximum absolute atomic E-state index is 12.8. The highest BCUT2D eigenvalue weighted by molar-refractivity contribution is 7.15. The second-order valence-corrected chi connectivity index (χ2v) is 7.39. The maximum atomic E-state index is 12.8. The van der Waals surface area contributed by atoms with Crippen molar-refractivity contribution in [3.8, 4) is 22.9 Å². The second kappa shape index (κ2) is 7.81. The van der Waals surface area contributed by atoms with E-state index in [9.17, 15) is 4.79 Å². The molecule has 7 heteroatoms. The number of benzene rings is 2. The number of ether oxygens (including phenoxy) is 1. The SMILES string of the molecule is O=C(Nc1ccc(-c2cn3ccsc3n2)cc1)c1cccnc1Oc1ccccc1. The topological polar surface area (TPSA) is 68.5 Å². The summed E-state index contributed by atoms with van der Waals surface area (Å²) in [5.41, 5.74) is 2.92. The highest BCUT2D eigenvalue weighted by Gasteiger charge is 2.15. The van der Waals surface area contributed by atoms with Crippen molar-refractivity contribution in [3.63, 3.8) is 0 Å². The molecule has 0 saturated heterocycles. The average Bonchev–Trinajstić information content (AvgIpc) is 3.38. The van der Waals surface area contributed by atoms with Gasteiger partial charge >= 0.3 is 0 Å². The maximum Gasteiger partial charge on any atom is 0.261 e. The monoisotopic (exact) mass is 412 g/mol. The molecule has 30 heavy (non-hydrogen) atoms. The molecule has 6 nitrogen and oxygen atoms in total. The van der Waals surface area contributed by atoms with E-state index in [2.05, 4.69) is 15.3 Å². The molecule has 1 N–H and O–H groups in total. The summed E-state index contributed by atoms with van der Waals surface area (Å²) in [6.07, 6.45) is 5.57. The van der Waals surface area contributed by atoms with Crippen LogP contribution in [-0.4, -0.2) is 20.3 Å². The Bertz CT molecular complexity index is 1280. The van der Waals surface area contributed by atoms with Crippen LogP contribution in [0.1, 0.15) is 10.4 Å². The van der Waals surface area contributed by atoms with Gasteiger partial charge in [-0.2, -0.15) is 0 Å². The second-order valence-electron chi connectivity index (χ2n) is 6.52. The normalized spacial score (nSPS) is 10.8. The number of nitrogens with zero attached hydrogens (tertiary/aromatic N) is 3. The number of para-hydroxylation sites is 1. The molecule has 0 atom stereocenters. The molecule has 2 aromatic carbocycles. The minimum Gasteiger partial charge on any atom is -0.438 e. The highest BCUT2D eigenvalue weighted by Crippen LogP contribution is 2.25. The van der Waals surface area contributed by atoms with E-state index in [0.717, 1.165) is 16.2 Å². The van der Waals surface area contributed by atoms with Crippen LogP contribution >= 0.6 is 11.3 Å². The van der Waals surface area contributed by atoms with Crippen LogP contribution in [0.15, 0.2) is 90.7 Å². The molecule has 0 fully saturated rings. The van der Waals surface area contributed by atoms with E-state index in [-0.39, 0.29) is 11.8 Å². The number of anilines is 1. The first kappa shape index (κ1) is 18.1. The van der Waals surface area contributed by atoms with Gasteiger partial charge in [0, 0.05) is 35.2 Å². The fraction of sp³-hybridized carbons (Fsp3) is 0. The summed E-state index contributed by atoms with van der Waals surface area (Å²) < 4.78 is 7.78. The Morgan fingerprint density at radius 2 is 1.83 bits per heavy atom. The predicted octanol–water partition coefficient (Wildman–Crippen LogP) is 5.50. The zero-order chi connectivity index (χ0) is 20.3. The molecule has 0 aliphatic rings. The van der Waals surface area contributed by atoms with Gasteiger partial charge in [-0.3, -0.25) is 9.20 Å².